The Morgan fingerprint density at radius 2 is 1.83 bits per heavy atom. The molecule has 4 aromatic rings. The summed E-state index contributed by atoms with van der Waals surface area (Å²) in [6.45, 7) is 0.810. The van der Waals surface area contributed by atoms with Gasteiger partial charge in [-0.05, 0) is 55.2 Å². The predicted octanol–water partition coefficient (Wildman–Crippen LogP) is 4.23. The molecule has 5 rings (SSSR count). The van der Waals surface area contributed by atoms with Crippen LogP contribution in [0.1, 0.15) is 48.8 Å². The van der Waals surface area contributed by atoms with Gasteiger partial charge in [-0.1, -0.05) is 43.5 Å². The summed E-state index contributed by atoms with van der Waals surface area (Å²) in [7, 11) is 0. The molecule has 0 bridgehead atoms. The minimum Gasteiger partial charge on any atom is -0.382 e. The van der Waals surface area contributed by atoms with Gasteiger partial charge in [0.25, 0.3) is 5.91 Å². The highest BCUT2D eigenvalue weighted by Crippen LogP contribution is 2.26. The molecule has 1 amide bonds. The average Bonchev–Trinajstić information content (AvgIpc) is 3.55. The van der Waals surface area contributed by atoms with E-state index in [9.17, 15) is 27.9 Å². The van der Waals surface area contributed by atoms with Gasteiger partial charge in [0.05, 0.1) is 17.8 Å². The van der Waals surface area contributed by atoms with Crippen LogP contribution in [-0.2, 0) is 13.1 Å². The second-order valence-electron chi connectivity index (χ2n) is 10.4. The number of carbonyl (C=O) groups is 1. The molecule has 1 fully saturated rings. The van der Waals surface area contributed by atoms with E-state index in [-0.39, 0.29) is 30.1 Å². The van der Waals surface area contributed by atoms with Crippen LogP contribution in [0.5, 0.6) is 0 Å². The minimum atomic E-state index is -4.94. The number of nitrogens with one attached hydrogen (secondary N) is 1. The lowest BCUT2D eigenvalue weighted by molar-refractivity contribution is -0.207. The Bertz CT molecular complexity index is 1610. The summed E-state index contributed by atoms with van der Waals surface area (Å²) in [5, 5.41) is 21.9. The van der Waals surface area contributed by atoms with Gasteiger partial charge in [0.2, 0.25) is 0 Å². The number of halogens is 4. The van der Waals surface area contributed by atoms with E-state index in [1.165, 1.54) is 35.3 Å². The SMILES string of the molecule is CC1CCCCC1NC(=O)c1ccccc1-n1cnc(Cn2nc(-c3ccc(Cl)cc3)n(CC(O)C(F)(F)F)c2=O)n1. The number of rotatable bonds is 8. The minimum absolute atomic E-state index is 0.0818. The van der Waals surface area contributed by atoms with E-state index >= 15 is 0 Å². The van der Waals surface area contributed by atoms with Crippen LogP contribution in [0.25, 0.3) is 17.1 Å². The lowest BCUT2D eigenvalue weighted by Crippen LogP contribution is -2.41. The van der Waals surface area contributed by atoms with Crippen molar-refractivity contribution in [2.75, 3.05) is 0 Å². The van der Waals surface area contributed by atoms with Crippen molar-refractivity contribution in [3.8, 4) is 17.1 Å². The fraction of sp³-hybridized carbons (Fsp3) is 0.393. The number of hydrogen-bond acceptors (Lipinski definition) is 6. The second-order valence-corrected chi connectivity index (χ2v) is 10.8. The van der Waals surface area contributed by atoms with Crippen molar-refractivity contribution in [1.82, 2.24) is 34.4 Å². The zero-order valence-corrected chi connectivity index (χ0v) is 23.4. The van der Waals surface area contributed by atoms with E-state index in [2.05, 4.69) is 27.4 Å². The first kappa shape index (κ1) is 29.5. The average molecular weight is 604 g/mol. The van der Waals surface area contributed by atoms with Crippen LogP contribution in [0, 0.1) is 5.92 Å². The van der Waals surface area contributed by atoms with Gasteiger partial charge in [-0.25, -0.2) is 19.1 Å². The molecule has 0 saturated heterocycles. The quantitative estimate of drug-likeness (QED) is 0.311. The zero-order chi connectivity index (χ0) is 30.0. The zero-order valence-electron chi connectivity index (χ0n) is 22.6. The first-order valence-electron chi connectivity index (χ1n) is 13.5. The van der Waals surface area contributed by atoms with Gasteiger partial charge in [-0.3, -0.25) is 9.36 Å². The number of aliphatic hydroxyl groups is 1. The number of hydrogen-bond donors (Lipinski definition) is 2. The maximum atomic E-state index is 13.2. The molecule has 42 heavy (non-hydrogen) atoms. The topological polar surface area (TPSA) is 120 Å². The van der Waals surface area contributed by atoms with Crippen LogP contribution in [0.2, 0.25) is 5.02 Å². The highest BCUT2D eigenvalue weighted by atomic mass is 35.5. The van der Waals surface area contributed by atoms with E-state index in [0.717, 1.165) is 34.9 Å². The van der Waals surface area contributed by atoms with Gasteiger partial charge in [0.15, 0.2) is 17.8 Å². The molecule has 2 N–H and O–H groups in total. The third-order valence-electron chi connectivity index (χ3n) is 7.41. The molecule has 10 nitrogen and oxygen atoms in total. The van der Waals surface area contributed by atoms with Gasteiger partial charge < -0.3 is 10.4 Å². The van der Waals surface area contributed by atoms with Crippen molar-refractivity contribution < 1.29 is 23.1 Å². The third-order valence-corrected chi connectivity index (χ3v) is 7.66. The molecule has 1 saturated carbocycles. The van der Waals surface area contributed by atoms with E-state index in [4.69, 9.17) is 11.6 Å². The van der Waals surface area contributed by atoms with Gasteiger partial charge in [0.1, 0.15) is 12.9 Å². The second kappa shape index (κ2) is 12.1. The Kier molecular flexibility index (Phi) is 8.50. The van der Waals surface area contributed by atoms with Gasteiger partial charge in [-0.15, -0.1) is 10.2 Å². The maximum absolute atomic E-state index is 13.2. The summed E-state index contributed by atoms with van der Waals surface area (Å²) in [6.07, 6.45) is -2.14. The molecule has 1 aliphatic rings. The largest absolute Gasteiger partial charge is 0.416 e. The van der Waals surface area contributed by atoms with Crippen molar-refractivity contribution >= 4 is 17.5 Å². The van der Waals surface area contributed by atoms with Crippen molar-refractivity contribution in [3.05, 3.63) is 81.8 Å². The molecule has 0 radical (unpaired) electrons. The predicted molar refractivity (Wildman–Crippen MR) is 148 cm³/mol. The standard InChI is InChI=1S/C28H29ClF3N7O3/c1-17-6-2-4-8-21(17)34-26(41)20-7-3-5-9-22(20)39-16-33-24(35-39)15-38-27(42)37(14-23(40)28(30,31)32)25(36-38)18-10-12-19(29)13-11-18/h3,5,7,9-13,16-17,21,23,40H,2,4,6,8,14-15H2,1H3,(H,34,41). The number of carbonyl (C=O) groups excluding carboxylic acids is 1. The lowest BCUT2D eigenvalue weighted by Gasteiger charge is -2.29. The molecule has 3 unspecified atom stereocenters. The van der Waals surface area contributed by atoms with E-state index in [1.807, 2.05) is 0 Å². The van der Waals surface area contributed by atoms with Crippen LogP contribution >= 0.6 is 11.6 Å². The van der Waals surface area contributed by atoms with Crippen LogP contribution in [0.3, 0.4) is 0 Å². The molecular formula is C28H29ClF3N7O3. The molecule has 1 aliphatic carbocycles. The number of amides is 1. The summed E-state index contributed by atoms with van der Waals surface area (Å²) in [5.74, 6) is 0.198. The fourth-order valence-corrected chi connectivity index (χ4v) is 5.19. The highest BCUT2D eigenvalue weighted by Gasteiger charge is 2.39. The first-order valence-corrected chi connectivity index (χ1v) is 13.9. The van der Waals surface area contributed by atoms with Crippen molar-refractivity contribution in [2.24, 2.45) is 5.92 Å². The van der Waals surface area contributed by atoms with Gasteiger partial charge in [0, 0.05) is 16.6 Å². The Balaban J connectivity index is 1.42. The Hall–Kier alpha value is -3.97. The molecule has 222 valence electrons. The Morgan fingerprint density at radius 1 is 1.12 bits per heavy atom. The van der Waals surface area contributed by atoms with Crippen LogP contribution in [0.4, 0.5) is 13.2 Å². The third kappa shape index (κ3) is 6.41. The van der Waals surface area contributed by atoms with Crippen LogP contribution < -0.4 is 11.0 Å². The monoisotopic (exact) mass is 603 g/mol. The van der Waals surface area contributed by atoms with Gasteiger partial charge >= 0.3 is 11.9 Å². The molecule has 2 heterocycles. The summed E-state index contributed by atoms with van der Waals surface area (Å²) in [5.41, 5.74) is 0.320. The number of nitrogens with zero attached hydrogens (tertiary/aromatic N) is 6. The number of aliphatic hydroxyl groups excluding tert-OH is 1. The van der Waals surface area contributed by atoms with E-state index in [1.54, 1.807) is 24.3 Å². The normalized spacial score (nSPS) is 18.1. The maximum Gasteiger partial charge on any atom is 0.416 e. The molecule has 2 aromatic carbocycles. The number of aromatic nitrogens is 6. The molecule has 0 aliphatic heterocycles. The molecule has 14 heteroatoms. The van der Waals surface area contributed by atoms with E-state index < -0.39 is 24.5 Å². The van der Waals surface area contributed by atoms with Crippen LogP contribution in [-0.4, -0.2) is 58.4 Å². The highest BCUT2D eigenvalue weighted by molar-refractivity contribution is 6.30. The number of benzene rings is 2. The molecular weight excluding hydrogens is 575 g/mol. The van der Waals surface area contributed by atoms with Crippen molar-refractivity contribution in [1.29, 1.82) is 0 Å². The lowest BCUT2D eigenvalue weighted by atomic mass is 9.86. The number of para-hydroxylation sites is 1. The summed E-state index contributed by atoms with van der Waals surface area (Å²) < 4.78 is 42.5. The van der Waals surface area contributed by atoms with E-state index in [0.29, 0.717) is 27.8 Å². The summed E-state index contributed by atoms with van der Waals surface area (Å²) >= 11 is 5.94. The summed E-state index contributed by atoms with van der Waals surface area (Å²) in [6, 6.07) is 13.0. The Morgan fingerprint density at radius 3 is 2.55 bits per heavy atom. The molecule has 3 atom stereocenters. The number of alkyl halides is 3. The molecule has 2 aromatic heterocycles. The van der Waals surface area contributed by atoms with Gasteiger partial charge in [-0.2, -0.15) is 13.2 Å². The smallest absolute Gasteiger partial charge is 0.382 e. The Labute approximate surface area is 243 Å². The summed E-state index contributed by atoms with van der Waals surface area (Å²) in [4.78, 5) is 30.6. The fourth-order valence-electron chi connectivity index (χ4n) is 5.06. The van der Waals surface area contributed by atoms with Crippen molar-refractivity contribution in [2.45, 2.75) is 64.0 Å². The molecule has 0 spiro atoms. The van der Waals surface area contributed by atoms with Crippen LogP contribution in [0.15, 0.2) is 59.7 Å². The first-order chi connectivity index (χ1) is 20.0. The van der Waals surface area contributed by atoms with Crippen molar-refractivity contribution in [3.63, 3.8) is 0 Å².